The number of hydrogen-bond donors (Lipinski definition) is 1. The van der Waals surface area contributed by atoms with Crippen LogP contribution in [-0.2, 0) is 4.79 Å². The lowest BCUT2D eigenvalue weighted by atomic mass is 10.2. The van der Waals surface area contributed by atoms with Crippen molar-refractivity contribution in [2.45, 2.75) is 19.4 Å². The minimum atomic E-state index is -0.428. The summed E-state index contributed by atoms with van der Waals surface area (Å²) in [5.74, 6) is 0.371. The Balaban J connectivity index is 1.68. The maximum atomic E-state index is 12.0. The van der Waals surface area contributed by atoms with Crippen LogP contribution in [0.1, 0.15) is 21.7 Å². The average molecular weight is 332 g/mol. The van der Waals surface area contributed by atoms with Gasteiger partial charge in [-0.3, -0.25) is 9.59 Å². The molecule has 2 amide bonds. The Morgan fingerprint density at radius 1 is 1.48 bits per heavy atom. The molecule has 2 heterocycles. The highest BCUT2D eigenvalue weighted by molar-refractivity contribution is 7.07. The summed E-state index contributed by atoms with van der Waals surface area (Å²) in [5.41, 5.74) is 1.54. The summed E-state index contributed by atoms with van der Waals surface area (Å²) in [6.45, 7) is 2.58. The molecule has 7 nitrogen and oxygen atoms in total. The molecule has 1 aromatic heterocycles. The van der Waals surface area contributed by atoms with E-state index in [1.165, 1.54) is 6.20 Å². The number of likely N-dealkylation sites (N-methyl/N-ethyl adjacent to an activating group) is 1. The lowest BCUT2D eigenvalue weighted by Crippen LogP contribution is -2.29. The Morgan fingerprint density at radius 3 is 2.91 bits per heavy atom. The van der Waals surface area contributed by atoms with Crippen LogP contribution in [0.4, 0.5) is 5.69 Å². The summed E-state index contributed by atoms with van der Waals surface area (Å²) in [5, 5.41) is 6.45. The van der Waals surface area contributed by atoms with E-state index in [2.05, 4.69) is 14.9 Å². The first-order chi connectivity index (χ1) is 11.0. The van der Waals surface area contributed by atoms with Gasteiger partial charge >= 0.3 is 0 Å². The van der Waals surface area contributed by atoms with Crippen LogP contribution in [0, 0.1) is 6.92 Å². The quantitative estimate of drug-likeness (QED) is 0.921. The Kier molecular flexibility index (Phi) is 4.24. The third kappa shape index (κ3) is 3.31. The second-order valence-electron chi connectivity index (χ2n) is 5.37. The van der Waals surface area contributed by atoms with Gasteiger partial charge in [-0.2, -0.15) is 0 Å². The molecule has 0 saturated carbocycles. The smallest absolute Gasteiger partial charge is 0.269 e. The number of carbonyl (C=O) groups excluding carboxylic acids is 2. The van der Waals surface area contributed by atoms with Crippen molar-refractivity contribution in [2.24, 2.45) is 0 Å². The number of nitrogens with zero attached hydrogens (tertiary/aromatic N) is 3. The first kappa shape index (κ1) is 15.4. The maximum Gasteiger partial charge on any atom is 0.269 e. The van der Waals surface area contributed by atoms with E-state index in [9.17, 15) is 9.59 Å². The molecule has 1 aromatic carbocycles. The molecule has 2 aromatic rings. The molecular formula is C15H16N4O3S. The lowest BCUT2D eigenvalue weighted by Gasteiger charge is -2.14. The minimum Gasteiger partial charge on any atom is -0.481 e. The molecule has 23 heavy (non-hydrogen) atoms. The van der Waals surface area contributed by atoms with E-state index in [1.54, 1.807) is 24.1 Å². The summed E-state index contributed by atoms with van der Waals surface area (Å²) in [4.78, 5) is 26.0. The van der Waals surface area contributed by atoms with Crippen LogP contribution in [0.15, 0.2) is 24.4 Å². The van der Waals surface area contributed by atoms with E-state index in [4.69, 9.17) is 4.74 Å². The minimum absolute atomic E-state index is 0.00210. The Morgan fingerprint density at radius 2 is 2.30 bits per heavy atom. The SMILES string of the molecule is Cc1cc(OC2CCN(C)C2=O)ccc1NC(=O)c1cnns1. The molecule has 8 heteroatoms. The first-order valence-electron chi connectivity index (χ1n) is 7.15. The molecule has 1 saturated heterocycles. The molecule has 1 N–H and O–H groups in total. The standard InChI is InChI=1S/C15H16N4O3S/c1-9-7-10(22-12-5-6-19(2)15(12)21)3-4-11(9)17-14(20)13-8-16-18-23-13/h3-4,7-8,12H,5-6H2,1-2H3,(H,17,20). The van der Waals surface area contributed by atoms with Crippen LogP contribution < -0.4 is 10.1 Å². The van der Waals surface area contributed by atoms with E-state index in [-0.39, 0.29) is 11.8 Å². The molecule has 1 unspecified atom stereocenters. The molecule has 1 fully saturated rings. The van der Waals surface area contributed by atoms with Crippen LogP contribution in [0.25, 0.3) is 0 Å². The third-order valence-corrected chi connectivity index (χ3v) is 4.35. The van der Waals surface area contributed by atoms with E-state index in [0.29, 0.717) is 29.3 Å². The predicted molar refractivity (Wildman–Crippen MR) is 85.7 cm³/mol. The van der Waals surface area contributed by atoms with Crippen molar-refractivity contribution in [3.8, 4) is 5.75 Å². The number of likely N-dealkylation sites (tertiary alicyclic amines) is 1. The van der Waals surface area contributed by atoms with Gasteiger partial charge in [0.1, 0.15) is 10.6 Å². The molecule has 0 bridgehead atoms. The van der Waals surface area contributed by atoms with Crippen LogP contribution in [-0.4, -0.2) is 46.0 Å². The highest BCUT2D eigenvalue weighted by atomic mass is 32.1. The second kappa shape index (κ2) is 6.33. The summed E-state index contributed by atoms with van der Waals surface area (Å²) in [6.07, 6.45) is 1.68. The maximum absolute atomic E-state index is 12.0. The number of carbonyl (C=O) groups is 2. The zero-order chi connectivity index (χ0) is 16.4. The van der Waals surface area contributed by atoms with Gasteiger partial charge in [0.25, 0.3) is 11.8 Å². The largest absolute Gasteiger partial charge is 0.481 e. The second-order valence-corrected chi connectivity index (χ2v) is 6.15. The van der Waals surface area contributed by atoms with Crippen LogP contribution >= 0.6 is 11.5 Å². The molecule has 0 radical (unpaired) electrons. The van der Waals surface area contributed by atoms with E-state index in [0.717, 1.165) is 17.1 Å². The van der Waals surface area contributed by atoms with Crippen molar-refractivity contribution < 1.29 is 14.3 Å². The highest BCUT2D eigenvalue weighted by Crippen LogP contribution is 2.25. The number of benzene rings is 1. The van der Waals surface area contributed by atoms with Crippen molar-refractivity contribution >= 4 is 29.0 Å². The molecule has 0 aliphatic carbocycles. The molecule has 1 atom stereocenters. The lowest BCUT2D eigenvalue weighted by molar-refractivity contribution is -0.132. The fraction of sp³-hybridized carbons (Fsp3) is 0.333. The summed E-state index contributed by atoms with van der Waals surface area (Å²) >= 11 is 1.04. The van der Waals surface area contributed by atoms with Gasteiger partial charge < -0.3 is 15.0 Å². The van der Waals surface area contributed by atoms with Crippen molar-refractivity contribution in [3.63, 3.8) is 0 Å². The van der Waals surface area contributed by atoms with Gasteiger partial charge in [-0.15, -0.1) is 5.10 Å². The summed E-state index contributed by atoms with van der Waals surface area (Å²) in [7, 11) is 1.77. The summed E-state index contributed by atoms with van der Waals surface area (Å²) in [6, 6.07) is 5.32. The Labute approximate surface area is 137 Å². The fourth-order valence-electron chi connectivity index (χ4n) is 2.36. The Bertz CT molecular complexity index is 732. The molecule has 1 aliphatic rings. The predicted octanol–water partition coefficient (Wildman–Crippen LogP) is 1.71. The van der Waals surface area contributed by atoms with Gasteiger partial charge in [-0.1, -0.05) is 4.49 Å². The zero-order valence-corrected chi connectivity index (χ0v) is 13.6. The normalized spacial score (nSPS) is 17.4. The number of anilines is 1. The fourth-order valence-corrected chi connectivity index (χ4v) is 2.78. The highest BCUT2D eigenvalue weighted by Gasteiger charge is 2.30. The van der Waals surface area contributed by atoms with Crippen LogP contribution in [0.5, 0.6) is 5.75 Å². The number of ether oxygens (including phenoxy) is 1. The number of aryl methyl sites for hydroxylation is 1. The molecule has 0 spiro atoms. The van der Waals surface area contributed by atoms with Crippen LogP contribution in [0.2, 0.25) is 0 Å². The van der Waals surface area contributed by atoms with Gasteiger partial charge in [0, 0.05) is 25.7 Å². The summed E-state index contributed by atoms with van der Waals surface area (Å²) < 4.78 is 9.42. The monoisotopic (exact) mass is 332 g/mol. The van der Waals surface area contributed by atoms with E-state index < -0.39 is 6.10 Å². The number of aromatic nitrogens is 2. The van der Waals surface area contributed by atoms with Crippen molar-refractivity contribution in [1.29, 1.82) is 0 Å². The van der Waals surface area contributed by atoms with Crippen molar-refractivity contribution in [3.05, 3.63) is 34.8 Å². The number of nitrogens with one attached hydrogen (secondary N) is 1. The van der Waals surface area contributed by atoms with Crippen molar-refractivity contribution in [1.82, 2.24) is 14.5 Å². The number of amides is 2. The van der Waals surface area contributed by atoms with Gasteiger partial charge in [-0.25, -0.2) is 0 Å². The first-order valence-corrected chi connectivity index (χ1v) is 7.93. The topological polar surface area (TPSA) is 84.4 Å². The van der Waals surface area contributed by atoms with Gasteiger partial charge in [0.15, 0.2) is 6.10 Å². The zero-order valence-electron chi connectivity index (χ0n) is 12.8. The van der Waals surface area contributed by atoms with Gasteiger partial charge in [0.05, 0.1) is 6.20 Å². The van der Waals surface area contributed by atoms with Crippen LogP contribution in [0.3, 0.4) is 0 Å². The van der Waals surface area contributed by atoms with Crippen molar-refractivity contribution in [2.75, 3.05) is 18.9 Å². The third-order valence-electron chi connectivity index (χ3n) is 3.69. The molecule has 3 rings (SSSR count). The van der Waals surface area contributed by atoms with Gasteiger partial charge in [0.2, 0.25) is 0 Å². The van der Waals surface area contributed by atoms with Gasteiger partial charge in [-0.05, 0) is 42.2 Å². The van der Waals surface area contributed by atoms with E-state index in [1.807, 2.05) is 13.0 Å². The molecular weight excluding hydrogens is 316 g/mol. The number of rotatable bonds is 4. The number of hydrogen-bond acceptors (Lipinski definition) is 6. The Hall–Kier alpha value is -2.48. The molecule has 1 aliphatic heterocycles. The average Bonchev–Trinajstić information content (AvgIpc) is 3.16. The van der Waals surface area contributed by atoms with E-state index >= 15 is 0 Å². The molecule has 120 valence electrons.